The third-order valence-corrected chi connectivity index (χ3v) is 3.73. The zero-order chi connectivity index (χ0) is 15.5. The number of carbonyl (C=O) groups is 1. The van der Waals surface area contributed by atoms with E-state index in [1.165, 1.54) is 0 Å². The lowest BCUT2D eigenvalue weighted by Crippen LogP contribution is -2.27. The molecule has 2 aromatic carbocycles. The summed E-state index contributed by atoms with van der Waals surface area (Å²) in [5.74, 6) is 0.519. The van der Waals surface area contributed by atoms with Crippen LogP contribution < -0.4 is 9.64 Å². The van der Waals surface area contributed by atoms with Gasteiger partial charge in [-0.1, -0.05) is 30.3 Å². The Kier molecular flexibility index (Phi) is 4.11. The molecule has 0 aromatic heterocycles. The normalized spacial score (nSPS) is 16.2. The zero-order valence-electron chi connectivity index (χ0n) is 12.8. The second-order valence-electron chi connectivity index (χ2n) is 5.41. The van der Waals surface area contributed by atoms with E-state index in [2.05, 4.69) is 0 Å². The minimum absolute atomic E-state index is 0.0818. The van der Waals surface area contributed by atoms with Crippen LogP contribution in [-0.4, -0.2) is 32.3 Å². The summed E-state index contributed by atoms with van der Waals surface area (Å²) in [5.41, 5.74) is 2.52. The van der Waals surface area contributed by atoms with Crippen molar-refractivity contribution >= 4 is 11.6 Å². The first-order valence-corrected chi connectivity index (χ1v) is 7.34. The summed E-state index contributed by atoms with van der Waals surface area (Å²) in [6.45, 7) is 3.21. The second-order valence-corrected chi connectivity index (χ2v) is 5.41. The lowest BCUT2D eigenvalue weighted by molar-refractivity contribution is 0.0988. The quantitative estimate of drug-likeness (QED) is 0.797. The lowest BCUT2D eigenvalue weighted by Gasteiger charge is -2.21. The molecule has 1 atom stereocenters. The van der Waals surface area contributed by atoms with Crippen LogP contribution in [0.1, 0.15) is 15.9 Å². The van der Waals surface area contributed by atoms with Crippen molar-refractivity contribution in [2.75, 3.05) is 25.2 Å². The average Bonchev–Trinajstić information content (AvgIpc) is 3.37. The second kappa shape index (κ2) is 6.20. The van der Waals surface area contributed by atoms with E-state index in [1.54, 1.807) is 18.0 Å². The maximum absolute atomic E-state index is 12.8. The largest absolute Gasteiger partial charge is 0.490 e. The number of epoxide rings is 1. The molecule has 4 heteroatoms. The highest BCUT2D eigenvalue weighted by Crippen LogP contribution is 2.25. The summed E-state index contributed by atoms with van der Waals surface area (Å²) >= 11 is 0. The van der Waals surface area contributed by atoms with Crippen molar-refractivity contribution in [2.24, 2.45) is 0 Å². The summed E-state index contributed by atoms with van der Waals surface area (Å²) < 4.78 is 10.9. The Morgan fingerprint density at radius 3 is 2.64 bits per heavy atom. The molecule has 2 aromatic rings. The summed E-state index contributed by atoms with van der Waals surface area (Å²) in [7, 11) is 1.78. The van der Waals surface area contributed by atoms with E-state index in [9.17, 15) is 4.79 Å². The lowest BCUT2D eigenvalue weighted by atomic mass is 10.1. The van der Waals surface area contributed by atoms with Crippen molar-refractivity contribution in [3.8, 4) is 5.75 Å². The standard InChI is InChI=1S/C18H19NO3/c1-13-7-3-5-9-16(13)19(2)18(20)15-8-4-6-10-17(15)22-12-14-11-21-14/h3-10,14H,11-12H2,1-2H3. The molecule has 0 spiro atoms. The van der Waals surface area contributed by atoms with E-state index in [0.29, 0.717) is 17.9 Å². The molecule has 114 valence electrons. The molecule has 0 N–H and O–H groups in total. The number of hydrogen-bond acceptors (Lipinski definition) is 3. The van der Waals surface area contributed by atoms with E-state index in [-0.39, 0.29) is 12.0 Å². The number of nitrogens with zero attached hydrogens (tertiary/aromatic N) is 1. The fraction of sp³-hybridized carbons (Fsp3) is 0.278. The Labute approximate surface area is 130 Å². The first kappa shape index (κ1) is 14.6. The molecule has 22 heavy (non-hydrogen) atoms. The molecular weight excluding hydrogens is 278 g/mol. The first-order valence-electron chi connectivity index (χ1n) is 7.34. The monoisotopic (exact) mass is 297 g/mol. The number of benzene rings is 2. The van der Waals surface area contributed by atoms with Crippen LogP contribution in [0.15, 0.2) is 48.5 Å². The van der Waals surface area contributed by atoms with Crippen molar-refractivity contribution in [3.63, 3.8) is 0 Å². The van der Waals surface area contributed by atoms with Crippen LogP contribution in [-0.2, 0) is 4.74 Å². The summed E-state index contributed by atoms with van der Waals surface area (Å²) in [4.78, 5) is 14.5. The summed E-state index contributed by atoms with van der Waals surface area (Å²) in [6.07, 6.45) is 0.164. The number of carbonyl (C=O) groups excluding carboxylic acids is 1. The van der Waals surface area contributed by atoms with Crippen LogP contribution in [0.5, 0.6) is 5.75 Å². The van der Waals surface area contributed by atoms with Gasteiger partial charge in [-0.25, -0.2) is 0 Å². The zero-order valence-corrected chi connectivity index (χ0v) is 12.8. The number of aryl methyl sites for hydroxylation is 1. The summed E-state index contributed by atoms with van der Waals surface area (Å²) in [5, 5.41) is 0. The van der Waals surface area contributed by atoms with Gasteiger partial charge in [0, 0.05) is 12.7 Å². The van der Waals surface area contributed by atoms with Crippen LogP contribution in [0.4, 0.5) is 5.69 Å². The third-order valence-electron chi connectivity index (χ3n) is 3.73. The van der Waals surface area contributed by atoms with Crippen molar-refractivity contribution in [2.45, 2.75) is 13.0 Å². The van der Waals surface area contributed by atoms with Gasteiger partial charge in [0.25, 0.3) is 5.91 Å². The minimum Gasteiger partial charge on any atom is -0.490 e. The van der Waals surface area contributed by atoms with Gasteiger partial charge in [-0.05, 0) is 30.7 Å². The van der Waals surface area contributed by atoms with Gasteiger partial charge in [0.15, 0.2) is 0 Å². The van der Waals surface area contributed by atoms with Gasteiger partial charge in [-0.2, -0.15) is 0 Å². The van der Waals surface area contributed by atoms with Crippen LogP contribution in [0, 0.1) is 6.92 Å². The molecule has 1 amide bonds. The average molecular weight is 297 g/mol. The van der Waals surface area contributed by atoms with E-state index < -0.39 is 0 Å². The van der Waals surface area contributed by atoms with E-state index in [4.69, 9.17) is 9.47 Å². The number of anilines is 1. The molecule has 1 heterocycles. The molecule has 4 nitrogen and oxygen atoms in total. The molecule has 0 aliphatic carbocycles. The van der Waals surface area contributed by atoms with Gasteiger partial charge in [0.2, 0.25) is 0 Å². The number of hydrogen-bond donors (Lipinski definition) is 0. The minimum atomic E-state index is -0.0818. The number of para-hydroxylation sites is 2. The molecule has 1 aliphatic rings. The highest BCUT2D eigenvalue weighted by Gasteiger charge is 2.25. The highest BCUT2D eigenvalue weighted by molar-refractivity contribution is 6.07. The molecular formula is C18H19NO3. The predicted molar refractivity (Wildman–Crippen MR) is 85.6 cm³/mol. The Morgan fingerprint density at radius 2 is 1.91 bits per heavy atom. The molecule has 3 rings (SSSR count). The number of rotatable bonds is 5. The van der Waals surface area contributed by atoms with Crippen LogP contribution in [0.3, 0.4) is 0 Å². The van der Waals surface area contributed by atoms with Crippen molar-refractivity contribution in [1.29, 1.82) is 0 Å². The fourth-order valence-corrected chi connectivity index (χ4v) is 2.35. The first-order chi connectivity index (χ1) is 10.7. The number of amides is 1. The molecule has 1 aliphatic heterocycles. The Morgan fingerprint density at radius 1 is 1.23 bits per heavy atom. The van der Waals surface area contributed by atoms with Crippen LogP contribution in [0.2, 0.25) is 0 Å². The van der Waals surface area contributed by atoms with Gasteiger partial charge >= 0.3 is 0 Å². The SMILES string of the molecule is Cc1ccccc1N(C)C(=O)c1ccccc1OCC1CO1. The van der Waals surface area contributed by atoms with E-state index in [1.807, 2.05) is 49.4 Å². The molecule has 0 bridgehead atoms. The molecule has 0 saturated carbocycles. The topological polar surface area (TPSA) is 42.1 Å². The molecule has 0 radical (unpaired) electrons. The predicted octanol–water partition coefficient (Wildman–Crippen LogP) is 3.05. The Balaban J connectivity index is 1.83. The maximum atomic E-state index is 12.8. The Bertz CT molecular complexity index is 680. The smallest absolute Gasteiger partial charge is 0.261 e. The number of ether oxygens (including phenoxy) is 2. The van der Waals surface area contributed by atoms with Crippen molar-refractivity contribution in [1.82, 2.24) is 0 Å². The van der Waals surface area contributed by atoms with Crippen molar-refractivity contribution < 1.29 is 14.3 Å². The third kappa shape index (κ3) is 3.12. The van der Waals surface area contributed by atoms with Gasteiger partial charge in [-0.3, -0.25) is 4.79 Å². The van der Waals surface area contributed by atoms with E-state index in [0.717, 1.165) is 17.9 Å². The highest BCUT2D eigenvalue weighted by atomic mass is 16.6. The van der Waals surface area contributed by atoms with Crippen LogP contribution >= 0.6 is 0 Å². The maximum Gasteiger partial charge on any atom is 0.261 e. The fourth-order valence-electron chi connectivity index (χ4n) is 2.35. The Hall–Kier alpha value is -2.33. The van der Waals surface area contributed by atoms with Gasteiger partial charge in [-0.15, -0.1) is 0 Å². The van der Waals surface area contributed by atoms with Crippen LogP contribution in [0.25, 0.3) is 0 Å². The molecule has 1 saturated heterocycles. The molecule has 1 fully saturated rings. The van der Waals surface area contributed by atoms with E-state index >= 15 is 0 Å². The van der Waals surface area contributed by atoms with Gasteiger partial charge in [0.1, 0.15) is 18.5 Å². The summed E-state index contributed by atoms with van der Waals surface area (Å²) in [6, 6.07) is 15.2. The van der Waals surface area contributed by atoms with Gasteiger partial charge < -0.3 is 14.4 Å². The van der Waals surface area contributed by atoms with Crippen molar-refractivity contribution in [3.05, 3.63) is 59.7 Å². The molecule has 1 unspecified atom stereocenters. The van der Waals surface area contributed by atoms with Gasteiger partial charge in [0.05, 0.1) is 12.2 Å².